The van der Waals surface area contributed by atoms with Crippen LogP contribution in [0.15, 0.2) is 36.9 Å². The first-order valence-electron chi connectivity index (χ1n) is 10.4. The first kappa shape index (κ1) is 25.9. The van der Waals surface area contributed by atoms with Gasteiger partial charge in [-0.2, -0.15) is 0 Å². The van der Waals surface area contributed by atoms with Crippen LogP contribution in [0.1, 0.15) is 33.3 Å². The zero-order valence-electron chi connectivity index (χ0n) is 19.1. The van der Waals surface area contributed by atoms with E-state index >= 15 is 0 Å². The van der Waals surface area contributed by atoms with E-state index in [1.54, 1.807) is 18.2 Å². The molecule has 1 aliphatic heterocycles. The van der Waals surface area contributed by atoms with Crippen molar-refractivity contribution in [1.29, 1.82) is 0 Å². The molecule has 0 bridgehead atoms. The SMILES string of the molecule is C=CCc1ccccc1O[C@@H]1O[C@H](COC(C)=O)[C@H](OC(C)=O)[C@@H](OC(C)=O)[C@H]1NC(C)=O. The molecule has 1 heterocycles. The Labute approximate surface area is 192 Å². The van der Waals surface area contributed by atoms with E-state index in [1.807, 2.05) is 12.1 Å². The summed E-state index contributed by atoms with van der Waals surface area (Å²) >= 11 is 0. The van der Waals surface area contributed by atoms with E-state index in [0.717, 1.165) is 5.56 Å². The maximum Gasteiger partial charge on any atom is 0.303 e. The summed E-state index contributed by atoms with van der Waals surface area (Å²) in [6.45, 7) is 8.29. The van der Waals surface area contributed by atoms with Crippen molar-refractivity contribution in [3.8, 4) is 5.75 Å². The van der Waals surface area contributed by atoms with Gasteiger partial charge in [0.1, 0.15) is 24.5 Å². The third-order valence-corrected chi connectivity index (χ3v) is 4.65. The van der Waals surface area contributed by atoms with Gasteiger partial charge in [0.05, 0.1) is 0 Å². The topological polar surface area (TPSA) is 126 Å². The van der Waals surface area contributed by atoms with Crippen LogP contribution >= 0.6 is 0 Å². The van der Waals surface area contributed by atoms with Crippen LogP contribution in [0.2, 0.25) is 0 Å². The summed E-state index contributed by atoms with van der Waals surface area (Å²) in [5.74, 6) is -1.93. The van der Waals surface area contributed by atoms with Crippen molar-refractivity contribution in [3.63, 3.8) is 0 Å². The molecule has 5 atom stereocenters. The van der Waals surface area contributed by atoms with E-state index < -0.39 is 54.5 Å². The summed E-state index contributed by atoms with van der Waals surface area (Å²) < 4.78 is 28.0. The summed E-state index contributed by atoms with van der Waals surface area (Å²) in [6, 6.07) is 6.11. The van der Waals surface area contributed by atoms with Crippen molar-refractivity contribution in [2.75, 3.05) is 6.61 Å². The second-order valence-corrected chi connectivity index (χ2v) is 7.44. The fraction of sp³-hybridized carbons (Fsp3) is 0.478. The molecule has 0 radical (unpaired) electrons. The Hall–Kier alpha value is -3.40. The molecule has 2 rings (SSSR count). The van der Waals surface area contributed by atoms with Gasteiger partial charge >= 0.3 is 17.9 Å². The lowest BCUT2D eigenvalue weighted by Gasteiger charge is -2.44. The van der Waals surface area contributed by atoms with Crippen LogP contribution < -0.4 is 10.1 Å². The number of rotatable bonds is 9. The number of hydrogen-bond acceptors (Lipinski definition) is 9. The molecule has 0 aliphatic carbocycles. The molecule has 1 aromatic carbocycles. The molecule has 180 valence electrons. The fourth-order valence-electron chi connectivity index (χ4n) is 3.46. The number of amides is 1. The van der Waals surface area contributed by atoms with Crippen LogP contribution in [0.3, 0.4) is 0 Å². The van der Waals surface area contributed by atoms with Crippen molar-refractivity contribution in [2.45, 2.75) is 64.8 Å². The third-order valence-electron chi connectivity index (χ3n) is 4.65. The molecule has 1 N–H and O–H groups in total. The Balaban J connectivity index is 2.49. The van der Waals surface area contributed by atoms with Gasteiger partial charge in [-0.3, -0.25) is 19.2 Å². The molecule has 33 heavy (non-hydrogen) atoms. The van der Waals surface area contributed by atoms with E-state index in [9.17, 15) is 19.2 Å². The van der Waals surface area contributed by atoms with Gasteiger partial charge in [-0.15, -0.1) is 6.58 Å². The third kappa shape index (κ3) is 7.60. The van der Waals surface area contributed by atoms with Gasteiger partial charge in [-0.05, 0) is 18.1 Å². The Morgan fingerprint density at radius 1 is 1.00 bits per heavy atom. The molecule has 10 nitrogen and oxygen atoms in total. The lowest BCUT2D eigenvalue weighted by atomic mass is 9.96. The molecule has 1 amide bonds. The molecular formula is C23H29NO9. The van der Waals surface area contributed by atoms with Crippen LogP contribution in [0.4, 0.5) is 0 Å². The summed E-state index contributed by atoms with van der Waals surface area (Å²) in [4.78, 5) is 47.1. The standard InChI is InChI=1S/C23H29NO9/c1-6-9-17-10-7-8-11-18(17)32-23-20(24-13(2)25)22(31-16(5)28)21(30-15(4)27)19(33-23)12-29-14(3)26/h6-8,10-11,19-23H,1,9,12H2,2-5H3,(H,24,25)/t19-,20-,21+,22+,23-/m1/s1. The first-order valence-corrected chi connectivity index (χ1v) is 10.4. The molecule has 0 saturated carbocycles. The average Bonchev–Trinajstić information content (AvgIpc) is 2.71. The summed E-state index contributed by atoms with van der Waals surface area (Å²) in [6.07, 6.45) is -2.35. The van der Waals surface area contributed by atoms with E-state index in [4.69, 9.17) is 23.7 Å². The van der Waals surface area contributed by atoms with Gasteiger partial charge in [0.15, 0.2) is 12.2 Å². The number of benzene rings is 1. The molecule has 1 aliphatic rings. The minimum Gasteiger partial charge on any atom is -0.463 e. The zero-order chi connectivity index (χ0) is 24.5. The summed E-state index contributed by atoms with van der Waals surface area (Å²) in [5.41, 5.74) is 0.806. The van der Waals surface area contributed by atoms with Crippen molar-refractivity contribution in [3.05, 3.63) is 42.5 Å². The van der Waals surface area contributed by atoms with Crippen LogP contribution in [0, 0.1) is 0 Å². The highest BCUT2D eigenvalue weighted by Gasteiger charge is 2.52. The van der Waals surface area contributed by atoms with Crippen molar-refractivity contribution in [2.24, 2.45) is 0 Å². The minimum atomic E-state index is -1.18. The van der Waals surface area contributed by atoms with Gasteiger partial charge in [0, 0.05) is 27.7 Å². The molecule has 0 spiro atoms. The highest BCUT2D eigenvalue weighted by molar-refractivity contribution is 5.73. The number of carbonyl (C=O) groups excluding carboxylic acids is 4. The number of ether oxygens (including phenoxy) is 5. The van der Waals surface area contributed by atoms with Crippen LogP contribution in [-0.4, -0.2) is 61.1 Å². The lowest BCUT2D eigenvalue weighted by Crippen LogP contribution is -2.67. The van der Waals surface area contributed by atoms with E-state index in [0.29, 0.717) is 12.2 Å². The van der Waals surface area contributed by atoms with E-state index in [-0.39, 0.29) is 6.61 Å². The number of allylic oxidation sites excluding steroid dienone is 1. The number of esters is 3. The second kappa shape index (κ2) is 12.0. The van der Waals surface area contributed by atoms with Gasteiger partial charge < -0.3 is 29.0 Å². The smallest absolute Gasteiger partial charge is 0.303 e. The highest BCUT2D eigenvalue weighted by atomic mass is 16.7. The first-order chi connectivity index (χ1) is 15.6. The maximum atomic E-state index is 12.0. The monoisotopic (exact) mass is 463 g/mol. The number of para-hydroxylation sites is 1. The molecular weight excluding hydrogens is 434 g/mol. The Kier molecular flexibility index (Phi) is 9.41. The lowest BCUT2D eigenvalue weighted by molar-refractivity contribution is -0.257. The van der Waals surface area contributed by atoms with E-state index in [1.165, 1.54) is 27.7 Å². The van der Waals surface area contributed by atoms with Crippen molar-refractivity contribution < 1.29 is 42.9 Å². The maximum absolute atomic E-state index is 12.0. The molecule has 0 unspecified atom stereocenters. The fourth-order valence-corrected chi connectivity index (χ4v) is 3.46. The van der Waals surface area contributed by atoms with E-state index in [2.05, 4.69) is 11.9 Å². The summed E-state index contributed by atoms with van der Waals surface area (Å²) in [7, 11) is 0. The number of nitrogens with one attached hydrogen (secondary N) is 1. The average molecular weight is 463 g/mol. The molecule has 1 aromatic rings. The Morgan fingerprint density at radius 2 is 1.64 bits per heavy atom. The minimum absolute atomic E-state index is 0.300. The quantitative estimate of drug-likeness (QED) is 0.329. The predicted molar refractivity (Wildman–Crippen MR) is 115 cm³/mol. The second-order valence-electron chi connectivity index (χ2n) is 7.44. The Bertz CT molecular complexity index is 884. The van der Waals surface area contributed by atoms with Crippen LogP contribution in [0.5, 0.6) is 5.75 Å². The van der Waals surface area contributed by atoms with Gasteiger partial charge in [-0.1, -0.05) is 24.3 Å². The highest BCUT2D eigenvalue weighted by Crippen LogP contribution is 2.30. The van der Waals surface area contributed by atoms with Crippen molar-refractivity contribution in [1.82, 2.24) is 5.32 Å². The molecule has 1 saturated heterocycles. The largest absolute Gasteiger partial charge is 0.463 e. The van der Waals surface area contributed by atoms with Gasteiger partial charge in [-0.25, -0.2) is 0 Å². The summed E-state index contributed by atoms with van der Waals surface area (Å²) in [5, 5.41) is 2.66. The molecule has 0 aromatic heterocycles. The van der Waals surface area contributed by atoms with Gasteiger partial charge in [0.2, 0.25) is 12.2 Å². The number of hydrogen-bond donors (Lipinski definition) is 1. The van der Waals surface area contributed by atoms with Crippen molar-refractivity contribution >= 4 is 23.8 Å². The number of carbonyl (C=O) groups is 4. The predicted octanol–water partition coefficient (Wildman–Crippen LogP) is 1.45. The van der Waals surface area contributed by atoms with Crippen LogP contribution in [-0.2, 0) is 44.5 Å². The normalized spacial score (nSPS) is 24.2. The van der Waals surface area contributed by atoms with Crippen LogP contribution in [0.25, 0.3) is 0 Å². The Morgan fingerprint density at radius 3 is 2.21 bits per heavy atom. The molecule has 10 heteroatoms. The molecule has 1 fully saturated rings. The zero-order valence-corrected chi connectivity index (χ0v) is 19.1. The van der Waals surface area contributed by atoms with Gasteiger partial charge in [0.25, 0.3) is 0 Å².